The fraction of sp³-hybridized carbons (Fsp3) is 0.750. The molecule has 0 bridgehead atoms. The van der Waals surface area contributed by atoms with Gasteiger partial charge in [0.05, 0.1) is 0 Å². The Morgan fingerprint density at radius 2 is 1.80 bits per heavy atom. The molecule has 110 valence electrons. The van der Waals surface area contributed by atoms with Gasteiger partial charge in [0.1, 0.15) is 6.10 Å². The van der Waals surface area contributed by atoms with Crippen molar-refractivity contribution in [1.82, 2.24) is 15.3 Å². The fourth-order valence-corrected chi connectivity index (χ4v) is 2.68. The molecule has 0 spiro atoms. The minimum absolute atomic E-state index is 0.0999. The highest BCUT2D eigenvalue weighted by molar-refractivity contribution is 5.25. The molecule has 20 heavy (non-hydrogen) atoms. The minimum atomic E-state index is 0.0999. The van der Waals surface area contributed by atoms with Gasteiger partial charge in [-0.2, -0.15) is 0 Å². The zero-order chi connectivity index (χ0) is 14.1. The van der Waals surface area contributed by atoms with Crippen LogP contribution in [0, 0.1) is 19.8 Å². The lowest BCUT2D eigenvalue weighted by molar-refractivity contribution is 0.0397. The van der Waals surface area contributed by atoms with Gasteiger partial charge in [-0.25, -0.2) is 9.97 Å². The summed E-state index contributed by atoms with van der Waals surface area (Å²) in [4.78, 5) is 9.47. The molecule has 2 fully saturated rings. The standard InChI is InChI=1S/C16H25N3O/c1-4-20-15(12-5-6-12)16-18-10(2)14(11(3)19-16)9-17-13-7-8-13/h12-13,15,17H,4-9H2,1-3H3. The first-order chi connectivity index (χ1) is 9.69. The van der Waals surface area contributed by atoms with E-state index < -0.39 is 0 Å². The molecule has 4 nitrogen and oxygen atoms in total. The number of ether oxygens (including phenoxy) is 1. The van der Waals surface area contributed by atoms with Crippen LogP contribution >= 0.6 is 0 Å². The molecular formula is C16H25N3O. The van der Waals surface area contributed by atoms with Gasteiger partial charge < -0.3 is 10.1 Å². The van der Waals surface area contributed by atoms with Crippen LogP contribution in [0.4, 0.5) is 0 Å². The molecule has 0 saturated heterocycles. The van der Waals surface area contributed by atoms with Gasteiger partial charge in [-0.05, 0) is 52.4 Å². The number of nitrogens with zero attached hydrogens (tertiary/aromatic N) is 2. The molecule has 0 radical (unpaired) electrons. The molecule has 4 heteroatoms. The van der Waals surface area contributed by atoms with Crippen molar-refractivity contribution in [2.24, 2.45) is 5.92 Å². The largest absolute Gasteiger partial charge is 0.370 e. The highest BCUT2D eigenvalue weighted by atomic mass is 16.5. The summed E-state index contributed by atoms with van der Waals surface area (Å²) in [5, 5.41) is 3.55. The fourth-order valence-electron chi connectivity index (χ4n) is 2.68. The summed E-state index contributed by atoms with van der Waals surface area (Å²) in [6.45, 7) is 7.86. The maximum absolute atomic E-state index is 5.87. The second-order valence-corrected chi connectivity index (χ2v) is 6.10. The van der Waals surface area contributed by atoms with Crippen molar-refractivity contribution >= 4 is 0 Å². The van der Waals surface area contributed by atoms with E-state index in [-0.39, 0.29) is 6.10 Å². The van der Waals surface area contributed by atoms with Crippen LogP contribution in [0.15, 0.2) is 0 Å². The van der Waals surface area contributed by atoms with Crippen LogP contribution in [0.3, 0.4) is 0 Å². The number of hydrogen-bond acceptors (Lipinski definition) is 4. The van der Waals surface area contributed by atoms with Crippen LogP contribution in [0.2, 0.25) is 0 Å². The van der Waals surface area contributed by atoms with Crippen LogP contribution in [-0.4, -0.2) is 22.6 Å². The predicted octanol–water partition coefficient (Wildman–Crippen LogP) is 2.83. The summed E-state index contributed by atoms with van der Waals surface area (Å²) >= 11 is 0. The summed E-state index contributed by atoms with van der Waals surface area (Å²) in [7, 11) is 0. The first-order valence-corrected chi connectivity index (χ1v) is 7.88. The third-order valence-electron chi connectivity index (χ3n) is 4.23. The zero-order valence-electron chi connectivity index (χ0n) is 12.8. The van der Waals surface area contributed by atoms with Crippen LogP contribution in [-0.2, 0) is 11.3 Å². The van der Waals surface area contributed by atoms with Gasteiger partial charge in [0.15, 0.2) is 5.82 Å². The molecule has 1 unspecified atom stereocenters. The number of aromatic nitrogens is 2. The van der Waals surface area contributed by atoms with E-state index >= 15 is 0 Å². The molecule has 0 aromatic carbocycles. The molecular weight excluding hydrogens is 250 g/mol. The highest BCUT2D eigenvalue weighted by Gasteiger charge is 2.35. The first-order valence-electron chi connectivity index (χ1n) is 7.88. The molecule has 0 aliphatic heterocycles. The third kappa shape index (κ3) is 3.18. The van der Waals surface area contributed by atoms with Gasteiger partial charge in [0, 0.05) is 36.1 Å². The second kappa shape index (κ2) is 5.78. The molecule has 2 saturated carbocycles. The van der Waals surface area contributed by atoms with E-state index in [1.807, 2.05) is 6.92 Å². The summed E-state index contributed by atoms with van der Waals surface area (Å²) in [5.41, 5.74) is 3.46. The van der Waals surface area contributed by atoms with Crippen molar-refractivity contribution in [2.75, 3.05) is 6.61 Å². The van der Waals surface area contributed by atoms with E-state index in [9.17, 15) is 0 Å². The van der Waals surface area contributed by atoms with Crippen molar-refractivity contribution < 1.29 is 4.74 Å². The summed E-state index contributed by atoms with van der Waals surface area (Å²) in [6.07, 6.45) is 5.22. The lowest BCUT2D eigenvalue weighted by atomic mass is 10.1. The molecule has 1 N–H and O–H groups in total. The number of rotatable bonds is 7. The molecule has 2 aliphatic rings. The van der Waals surface area contributed by atoms with Crippen LogP contribution in [0.5, 0.6) is 0 Å². The average molecular weight is 275 g/mol. The Balaban J connectivity index is 1.77. The first kappa shape index (κ1) is 14.0. The Bertz CT molecular complexity index is 458. The van der Waals surface area contributed by atoms with Crippen molar-refractivity contribution in [3.63, 3.8) is 0 Å². The van der Waals surface area contributed by atoms with Gasteiger partial charge in [-0.1, -0.05) is 0 Å². The molecule has 3 rings (SSSR count). The molecule has 1 aromatic rings. The molecule has 1 heterocycles. The average Bonchev–Trinajstić information content (AvgIpc) is 3.26. The van der Waals surface area contributed by atoms with Crippen molar-refractivity contribution in [1.29, 1.82) is 0 Å². The maximum Gasteiger partial charge on any atom is 0.157 e. The van der Waals surface area contributed by atoms with E-state index in [1.54, 1.807) is 0 Å². The monoisotopic (exact) mass is 275 g/mol. The zero-order valence-corrected chi connectivity index (χ0v) is 12.8. The van der Waals surface area contributed by atoms with Crippen molar-refractivity contribution in [3.05, 3.63) is 22.8 Å². The Hall–Kier alpha value is -1.00. The van der Waals surface area contributed by atoms with Crippen LogP contribution in [0.25, 0.3) is 0 Å². The van der Waals surface area contributed by atoms with E-state index in [4.69, 9.17) is 14.7 Å². The van der Waals surface area contributed by atoms with Gasteiger partial charge in [0.25, 0.3) is 0 Å². The SMILES string of the molecule is CCOC(c1nc(C)c(CNC2CC2)c(C)n1)C1CC1. The normalized spacial score (nSPS) is 20.1. The summed E-state index contributed by atoms with van der Waals surface area (Å²) in [5.74, 6) is 1.52. The van der Waals surface area contributed by atoms with Crippen LogP contribution in [0.1, 0.15) is 61.5 Å². The van der Waals surface area contributed by atoms with E-state index in [2.05, 4.69) is 19.2 Å². The minimum Gasteiger partial charge on any atom is -0.370 e. The molecule has 2 aliphatic carbocycles. The highest BCUT2D eigenvalue weighted by Crippen LogP contribution is 2.42. The number of hydrogen-bond donors (Lipinski definition) is 1. The third-order valence-corrected chi connectivity index (χ3v) is 4.23. The Morgan fingerprint density at radius 1 is 1.15 bits per heavy atom. The van der Waals surface area contributed by atoms with Gasteiger partial charge >= 0.3 is 0 Å². The Kier molecular flexibility index (Phi) is 4.03. The van der Waals surface area contributed by atoms with Crippen LogP contribution < -0.4 is 5.32 Å². The van der Waals surface area contributed by atoms with Gasteiger partial charge in [0.2, 0.25) is 0 Å². The van der Waals surface area contributed by atoms with Gasteiger partial charge in [-0.15, -0.1) is 0 Å². The number of aryl methyl sites for hydroxylation is 2. The van der Waals surface area contributed by atoms with Gasteiger partial charge in [-0.3, -0.25) is 0 Å². The van der Waals surface area contributed by atoms with Crippen molar-refractivity contribution in [3.8, 4) is 0 Å². The molecule has 1 aromatic heterocycles. The van der Waals surface area contributed by atoms with E-state index in [0.29, 0.717) is 5.92 Å². The van der Waals surface area contributed by atoms with Crippen molar-refractivity contribution in [2.45, 2.75) is 65.1 Å². The molecule has 0 amide bonds. The molecule has 1 atom stereocenters. The quantitative estimate of drug-likeness (QED) is 0.831. The summed E-state index contributed by atoms with van der Waals surface area (Å²) in [6, 6.07) is 0.719. The number of nitrogens with one attached hydrogen (secondary N) is 1. The predicted molar refractivity (Wildman–Crippen MR) is 78.5 cm³/mol. The van der Waals surface area contributed by atoms with E-state index in [0.717, 1.165) is 36.4 Å². The smallest absolute Gasteiger partial charge is 0.157 e. The Labute approximate surface area is 121 Å². The Morgan fingerprint density at radius 3 is 2.30 bits per heavy atom. The lowest BCUT2D eigenvalue weighted by Crippen LogP contribution is -2.20. The topological polar surface area (TPSA) is 47.0 Å². The lowest BCUT2D eigenvalue weighted by Gasteiger charge is -2.18. The summed E-state index contributed by atoms with van der Waals surface area (Å²) < 4.78 is 5.87. The second-order valence-electron chi connectivity index (χ2n) is 6.10. The van der Waals surface area contributed by atoms with E-state index in [1.165, 1.54) is 31.2 Å². The maximum atomic E-state index is 5.87.